The van der Waals surface area contributed by atoms with E-state index in [9.17, 15) is 14.0 Å². The maximum atomic E-state index is 13.6. The lowest BCUT2D eigenvalue weighted by Gasteiger charge is -2.26. The van der Waals surface area contributed by atoms with Gasteiger partial charge in [-0.05, 0) is 49.8 Å². The molecule has 1 fully saturated rings. The van der Waals surface area contributed by atoms with Gasteiger partial charge in [0.1, 0.15) is 0 Å². The fourth-order valence-corrected chi connectivity index (χ4v) is 2.91. The van der Waals surface area contributed by atoms with Crippen LogP contribution in [0, 0.1) is 11.7 Å². The molecule has 0 unspecified atom stereocenters. The third kappa shape index (κ3) is 4.94. The van der Waals surface area contributed by atoms with Crippen molar-refractivity contribution in [3.05, 3.63) is 29.6 Å². The highest BCUT2D eigenvalue weighted by atomic mass is 19.1. The summed E-state index contributed by atoms with van der Waals surface area (Å²) >= 11 is 0. The fraction of sp³-hybridized carbons (Fsp3) is 0.529. The number of halogens is 1. The molecule has 0 aliphatic heterocycles. The maximum Gasteiger partial charge on any atom is 0.306 e. The summed E-state index contributed by atoms with van der Waals surface area (Å²) in [5, 5.41) is 11.9. The number of benzene rings is 1. The van der Waals surface area contributed by atoms with Gasteiger partial charge in [0.2, 0.25) is 5.91 Å². The number of nitrogens with one attached hydrogen (secondary N) is 1. The van der Waals surface area contributed by atoms with Gasteiger partial charge in [0.05, 0.1) is 13.0 Å². The van der Waals surface area contributed by atoms with Crippen molar-refractivity contribution < 1.29 is 23.8 Å². The van der Waals surface area contributed by atoms with Gasteiger partial charge in [-0.25, -0.2) is 4.39 Å². The molecule has 1 saturated carbocycles. The lowest BCUT2D eigenvalue weighted by molar-refractivity contribution is -0.142. The number of rotatable bonds is 6. The van der Waals surface area contributed by atoms with Crippen molar-refractivity contribution in [3.63, 3.8) is 0 Å². The Morgan fingerprint density at radius 3 is 2.57 bits per heavy atom. The molecule has 0 spiro atoms. The van der Waals surface area contributed by atoms with Gasteiger partial charge in [0.15, 0.2) is 11.6 Å². The average Bonchev–Trinajstić information content (AvgIpc) is 2.53. The zero-order chi connectivity index (χ0) is 16.8. The van der Waals surface area contributed by atoms with Crippen LogP contribution in [0.25, 0.3) is 0 Å². The molecule has 6 heteroatoms. The molecule has 1 aromatic rings. The number of hydrogen-bond donors (Lipinski definition) is 2. The summed E-state index contributed by atoms with van der Waals surface area (Å²) in [7, 11) is 1.41. The van der Waals surface area contributed by atoms with Crippen LogP contribution in [0.4, 0.5) is 4.39 Å². The molecule has 0 atom stereocenters. The molecule has 5 nitrogen and oxygen atoms in total. The molecule has 0 radical (unpaired) electrons. The lowest BCUT2D eigenvalue weighted by atomic mass is 9.86. The van der Waals surface area contributed by atoms with Crippen LogP contribution in [-0.2, 0) is 16.0 Å². The number of carboxylic acid groups (broad SMARTS) is 1. The van der Waals surface area contributed by atoms with Gasteiger partial charge in [-0.15, -0.1) is 0 Å². The molecule has 0 saturated heterocycles. The van der Waals surface area contributed by atoms with E-state index in [2.05, 4.69) is 5.32 Å². The minimum atomic E-state index is -0.753. The van der Waals surface area contributed by atoms with Gasteiger partial charge >= 0.3 is 5.97 Å². The van der Waals surface area contributed by atoms with Crippen molar-refractivity contribution in [1.82, 2.24) is 5.32 Å². The quantitative estimate of drug-likeness (QED) is 0.843. The van der Waals surface area contributed by atoms with E-state index in [1.807, 2.05) is 0 Å². The molecule has 0 heterocycles. The Kier molecular flexibility index (Phi) is 5.96. The first-order chi connectivity index (χ1) is 11.0. The Balaban J connectivity index is 1.75. The van der Waals surface area contributed by atoms with E-state index in [0.717, 1.165) is 5.56 Å². The highest BCUT2D eigenvalue weighted by molar-refractivity contribution is 5.76. The molecule has 0 aromatic heterocycles. The molecule has 2 rings (SSSR count). The molecule has 1 aromatic carbocycles. The molecule has 23 heavy (non-hydrogen) atoms. The van der Waals surface area contributed by atoms with Gasteiger partial charge in [-0.1, -0.05) is 6.07 Å². The van der Waals surface area contributed by atoms with E-state index in [1.54, 1.807) is 12.1 Å². The predicted molar refractivity (Wildman–Crippen MR) is 82.8 cm³/mol. The Morgan fingerprint density at radius 1 is 1.30 bits per heavy atom. The van der Waals surface area contributed by atoms with Crippen molar-refractivity contribution >= 4 is 11.9 Å². The third-order valence-electron chi connectivity index (χ3n) is 4.30. The molecule has 126 valence electrons. The second kappa shape index (κ2) is 7.94. The van der Waals surface area contributed by atoms with Crippen LogP contribution in [0.2, 0.25) is 0 Å². The topological polar surface area (TPSA) is 75.6 Å². The molecule has 1 aliphatic rings. The standard InChI is InChI=1S/C17H22FNO4/c1-23-15-8-2-11(10-14(15)18)3-9-16(20)19-13-6-4-12(5-7-13)17(21)22/h2,8,10,12-13H,3-7,9H2,1H3,(H,19,20)(H,21,22). The Labute approximate surface area is 134 Å². The van der Waals surface area contributed by atoms with E-state index < -0.39 is 11.8 Å². The van der Waals surface area contributed by atoms with Crippen LogP contribution in [-0.4, -0.2) is 30.1 Å². The number of ether oxygens (including phenoxy) is 1. The lowest BCUT2D eigenvalue weighted by Crippen LogP contribution is -2.38. The highest BCUT2D eigenvalue weighted by Crippen LogP contribution is 2.24. The Hall–Kier alpha value is -2.11. The predicted octanol–water partition coefficient (Wildman–Crippen LogP) is 2.53. The summed E-state index contributed by atoms with van der Waals surface area (Å²) in [5.74, 6) is -1.37. The SMILES string of the molecule is COc1ccc(CCC(=O)NC2CCC(C(=O)O)CC2)cc1F. The Bertz CT molecular complexity index is 568. The average molecular weight is 323 g/mol. The van der Waals surface area contributed by atoms with Gasteiger partial charge in [-0.3, -0.25) is 9.59 Å². The summed E-state index contributed by atoms with van der Waals surface area (Å²) in [4.78, 5) is 22.9. The van der Waals surface area contributed by atoms with Gasteiger partial charge in [0.25, 0.3) is 0 Å². The minimum absolute atomic E-state index is 0.0469. The van der Waals surface area contributed by atoms with E-state index in [4.69, 9.17) is 9.84 Å². The zero-order valence-electron chi connectivity index (χ0n) is 13.2. The molecule has 2 N–H and O–H groups in total. The second-order valence-electron chi connectivity index (χ2n) is 5.92. The monoisotopic (exact) mass is 323 g/mol. The summed E-state index contributed by atoms with van der Waals surface area (Å²) in [6, 6.07) is 4.72. The number of methoxy groups -OCH3 is 1. The number of hydrogen-bond acceptors (Lipinski definition) is 3. The number of carbonyl (C=O) groups is 2. The molecule has 0 bridgehead atoms. The zero-order valence-corrected chi connectivity index (χ0v) is 13.2. The number of carboxylic acids is 1. The normalized spacial score (nSPS) is 20.8. The Morgan fingerprint density at radius 2 is 2.00 bits per heavy atom. The highest BCUT2D eigenvalue weighted by Gasteiger charge is 2.26. The molecular formula is C17H22FNO4. The first-order valence-corrected chi connectivity index (χ1v) is 7.84. The molecular weight excluding hydrogens is 301 g/mol. The summed E-state index contributed by atoms with van der Waals surface area (Å²) in [6.07, 6.45) is 3.33. The van der Waals surface area contributed by atoms with Gasteiger partial charge < -0.3 is 15.2 Å². The number of amides is 1. The van der Waals surface area contributed by atoms with Crippen molar-refractivity contribution in [2.75, 3.05) is 7.11 Å². The van der Waals surface area contributed by atoms with Crippen molar-refractivity contribution in [2.45, 2.75) is 44.6 Å². The minimum Gasteiger partial charge on any atom is -0.494 e. The van der Waals surface area contributed by atoms with Gasteiger partial charge in [-0.2, -0.15) is 0 Å². The smallest absolute Gasteiger partial charge is 0.306 e. The third-order valence-corrected chi connectivity index (χ3v) is 4.30. The number of aryl methyl sites for hydroxylation is 1. The van der Waals surface area contributed by atoms with E-state index in [-0.39, 0.29) is 30.0 Å². The van der Waals surface area contributed by atoms with Crippen LogP contribution < -0.4 is 10.1 Å². The number of aliphatic carboxylic acids is 1. The summed E-state index contributed by atoms with van der Waals surface area (Å²) in [5.41, 5.74) is 0.744. The van der Waals surface area contributed by atoms with Crippen molar-refractivity contribution in [2.24, 2.45) is 5.92 Å². The van der Waals surface area contributed by atoms with E-state index in [0.29, 0.717) is 32.1 Å². The van der Waals surface area contributed by atoms with Crippen LogP contribution in [0.3, 0.4) is 0 Å². The molecule has 1 amide bonds. The van der Waals surface area contributed by atoms with E-state index >= 15 is 0 Å². The maximum absolute atomic E-state index is 13.6. The first-order valence-electron chi connectivity index (χ1n) is 7.84. The van der Waals surface area contributed by atoms with Crippen molar-refractivity contribution in [3.8, 4) is 5.75 Å². The molecule has 1 aliphatic carbocycles. The van der Waals surface area contributed by atoms with E-state index in [1.165, 1.54) is 13.2 Å². The first kappa shape index (κ1) is 17.2. The largest absolute Gasteiger partial charge is 0.494 e. The van der Waals surface area contributed by atoms with Gasteiger partial charge in [0, 0.05) is 12.5 Å². The number of carbonyl (C=O) groups excluding carboxylic acids is 1. The summed E-state index contributed by atoms with van der Waals surface area (Å²) in [6.45, 7) is 0. The van der Waals surface area contributed by atoms with Crippen LogP contribution in [0.1, 0.15) is 37.7 Å². The van der Waals surface area contributed by atoms with Crippen LogP contribution in [0.5, 0.6) is 5.75 Å². The summed E-state index contributed by atoms with van der Waals surface area (Å²) < 4.78 is 18.4. The second-order valence-corrected chi connectivity index (χ2v) is 5.92. The van der Waals surface area contributed by atoms with Crippen molar-refractivity contribution in [1.29, 1.82) is 0 Å². The fourth-order valence-electron chi connectivity index (χ4n) is 2.91. The van der Waals surface area contributed by atoms with Crippen LogP contribution >= 0.6 is 0 Å². The van der Waals surface area contributed by atoms with Crippen LogP contribution in [0.15, 0.2) is 18.2 Å².